The fraction of sp³-hybridized carbons (Fsp3) is 0.200. The van der Waals surface area contributed by atoms with Crippen molar-refractivity contribution in [3.05, 3.63) is 60.3 Å². The van der Waals surface area contributed by atoms with Crippen LogP contribution in [-0.2, 0) is 6.42 Å². The molecule has 1 nitrogen and oxygen atoms in total. The summed E-state index contributed by atoms with van der Waals surface area (Å²) in [5.74, 6) is 0. The SMILES string of the molecule is CN(C)C=CCc1ccc2ccccc2c1. The number of hydrogen-bond donors (Lipinski definition) is 0. The lowest BCUT2D eigenvalue weighted by Crippen LogP contribution is -2.00. The molecule has 0 amide bonds. The first-order valence-electron chi connectivity index (χ1n) is 5.56. The number of benzene rings is 2. The summed E-state index contributed by atoms with van der Waals surface area (Å²) < 4.78 is 0. The minimum atomic E-state index is 0.989. The van der Waals surface area contributed by atoms with Crippen molar-refractivity contribution >= 4 is 10.8 Å². The van der Waals surface area contributed by atoms with Gasteiger partial charge >= 0.3 is 0 Å². The molecule has 0 saturated heterocycles. The first kappa shape index (κ1) is 10.7. The molecule has 0 aliphatic rings. The minimum Gasteiger partial charge on any atom is -0.384 e. The van der Waals surface area contributed by atoms with Crippen LogP contribution in [0.3, 0.4) is 0 Å². The summed E-state index contributed by atoms with van der Waals surface area (Å²) in [6.07, 6.45) is 5.27. The highest BCUT2D eigenvalue weighted by Gasteiger charge is 1.94. The fourth-order valence-electron chi connectivity index (χ4n) is 1.77. The Morgan fingerprint density at radius 2 is 1.75 bits per heavy atom. The van der Waals surface area contributed by atoms with Gasteiger partial charge in [0.2, 0.25) is 0 Å². The van der Waals surface area contributed by atoms with Gasteiger partial charge in [-0.25, -0.2) is 0 Å². The van der Waals surface area contributed by atoms with Gasteiger partial charge in [-0.15, -0.1) is 0 Å². The van der Waals surface area contributed by atoms with Gasteiger partial charge in [-0.2, -0.15) is 0 Å². The van der Waals surface area contributed by atoms with Crippen molar-refractivity contribution in [1.82, 2.24) is 4.90 Å². The summed E-state index contributed by atoms with van der Waals surface area (Å²) in [5, 5.41) is 2.63. The third-order valence-electron chi connectivity index (χ3n) is 2.57. The van der Waals surface area contributed by atoms with Gasteiger partial charge in [0.15, 0.2) is 0 Å². The van der Waals surface area contributed by atoms with Gasteiger partial charge in [0.1, 0.15) is 0 Å². The maximum atomic E-state index is 2.26. The zero-order chi connectivity index (χ0) is 11.4. The van der Waals surface area contributed by atoms with E-state index in [1.165, 1.54) is 16.3 Å². The molecule has 2 aromatic carbocycles. The molecule has 1 heteroatoms. The van der Waals surface area contributed by atoms with Crippen molar-refractivity contribution in [2.24, 2.45) is 0 Å². The summed E-state index contributed by atoms with van der Waals surface area (Å²) in [5.41, 5.74) is 1.36. The second kappa shape index (κ2) is 4.84. The van der Waals surface area contributed by atoms with Crippen LogP contribution in [0.2, 0.25) is 0 Å². The largest absolute Gasteiger partial charge is 0.384 e. The Hall–Kier alpha value is -1.76. The monoisotopic (exact) mass is 211 g/mol. The highest BCUT2D eigenvalue weighted by Crippen LogP contribution is 2.16. The third kappa shape index (κ3) is 2.63. The Morgan fingerprint density at radius 3 is 2.50 bits per heavy atom. The molecule has 0 N–H and O–H groups in total. The first-order chi connectivity index (χ1) is 7.75. The van der Waals surface area contributed by atoms with Gasteiger partial charge in [0, 0.05) is 14.1 Å². The van der Waals surface area contributed by atoms with Crippen molar-refractivity contribution in [3.8, 4) is 0 Å². The number of fused-ring (bicyclic) bond motifs is 1. The smallest absolute Gasteiger partial charge is 0.00555 e. The molecule has 0 saturated carbocycles. The van der Waals surface area contributed by atoms with E-state index in [0.29, 0.717) is 0 Å². The predicted octanol–water partition coefficient (Wildman–Crippen LogP) is 3.46. The number of hydrogen-bond acceptors (Lipinski definition) is 1. The Kier molecular flexibility index (Phi) is 3.25. The van der Waals surface area contributed by atoms with Crippen LogP contribution >= 0.6 is 0 Å². The zero-order valence-corrected chi connectivity index (χ0v) is 9.85. The summed E-state index contributed by atoms with van der Waals surface area (Å²) >= 11 is 0. The van der Waals surface area contributed by atoms with Gasteiger partial charge in [-0.3, -0.25) is 0 Å². The molecule has 0 fully saturated rings. The summed E-state index contributed by atoms with van der Waals surface area (Å²) in [7, 11) is 4.08. The van der Waals surface area contributed by atoms with E-state index in [9.17, 15) is 0 Å². The van der Waals surface area contributed by atoms with Gasteiger partial charge in [-0.05, 0) is 29.0 Å². The lowest BCUT2D eigenvalue weighted by Gasteiger charge is -2.04. The molecule has 0 heterocycles. The highest BCUT2D eigenvalue weighted by molar-refractivity contribution is 5.83. The zero-order valence-electron chi connectivity index (χ0n) is 9.85. The standard InChI is InChI=1S/C15H17N/c1-16(2)11-5-6-13-9-10-14-7-3-4-8-15(14)12-13/h3-5,7-12H,6H2,1-2H3. The first-order valence-corrected chi connectivity index (χ1v) is 5.56. The van der Waals surface area contributed by atoms with Crippen LogP contribution in [-0.4, -0.2) is 19.0 Å². The van der Waals surface area contributed by atoms with Crippen molar-refractivity contribution in [1.29, 1.82) is 0 Å². The van der Waals surface area contributed by atoms with Crippen LogP contribution in [0.15, 0.2) is 54.7 Å². The van der Waals surface area contributed by atoms with Gasteiger partial charge in [-0.1, -0.05) is 48.5 Å². The normalized spacial score (nSPS) is 11.1. The maximum Gasteiger partial charge on any atom is 0.00555 e. The van der Waals surface area contributed by atoms with Gasteiger partial charge < -0.3 is 4.90 Å². The van der Waals surface area contributed by atoms with Crippen LogP contribution in [0.1, 0.15) is 5.56 Å². The number of nitrogens with zero attached hydrogens (tertiary/aromatic N) is 1. The van der Waals surface area contributed by atoms with E-state index in [4.69, 9.17) is 0 Å². The van der Waals surface area contributed by atoms with E-state index in [0.717, 1.165) is 6.42 Å². The van der Waals surface area contributed by atoms with Crippen LogP contribution in [0.5, 0.6) is 0 Å². The van der Waals surface area contributed by atoms with Crippen molar-refractivity contribution in [2.45, 2.75) is 6.42 Å². The number of rotatable bonds is 3. The molecule has 2 aromatic rings. The van der Waals surface area contributed by atoms with E-state index < -0.39 is 0 Å². The molecule has 0 radical (unpaired) electrons. The Balaban J connectivity index is 2.20. The third-order valence-corrected chi connectivity index (χ3v) is 2.57. The van der Waals surface area contributed by atoms with Crippen LogP contribution < -0.4 is 0 Å². The summed E-state index contributed by atoms with van der Waals surface area (Å²) in [6.45, 7) is 0. The Morgan fingerprint density at radius 1 is 1.00 bits per heavy atom. The van der Waals surface area contributed by atoms with E-state index >= 15 is 0 Å². The van der Waals surface area contributed by atoms with Crippen molar-refractivity contribution in [2.75, 3.05) is 14.1 Å². The molecule has 0 aliphatic carbocycles. The fourth-order valence-corrected chi connectivity index (χ4v) is 1.77. The van der Waals surface area contributed by atoms with E-state index in [-0.39, 0.29) is 0 Å². The lowest BCUT2D eigenvalue weighted by molar-refractivity contribution is 0.562. The molecule has 2 rings (SSSR count). The minimum absolute atomic E-state index is 0.989. The quantitative estimate of drug-likeness (QED) is 0.751. The van der Waals surface area contributed by atoms with Gasteiger partial charge in [0.25, 0.3) is 0 Å². The highest BCUT2D eigenvalue weighted by atomic mass is 15.0. The molecule has 0 unspecified atom stereocenters. The molecule has 0 aromatic heterocycles. The van der Waals surface area contributed by atoms with Crippen LogP contribution in [0, 0.1) is 0 Å². The van der Waals surface area contributed by atoms with Crippen molar-refractivity contribution < 1.29 is 0 Å². The maximum absolute atomic E-state index is 2.26. The topological polar surface area (TPSA) is 3.24 Å². The molecular formula is C15H17N. The van der Waals surface area contributed by atoms with E-state index in [1.807, 2.05) is 14.1 Å². The Bertz CT molecular complexity index is 498. The average molecular weight is 211 g/mol. The molecule has 0 aliphatic heterocycles. The predicted molar refractivity (Wildman–Crippen MR) is 70.5 cm³/mol. The Labute approximate surface area is 97.0 Å². The molecule has 82 valence electrons. The molecule has 0 bridgehead atoms. The summed E-state index contributed by atoms with van der Waals surface area (Å²) in [6, 6.07) is 15.1. The van der Waals surface area contributed by atoms with Gasteiger partial charge in [0.05, 0.1) is 0 Å². The molecule has 0 atom stereocenters. The summed E-state index contributed by atoms with van der Waals surface area (Å²) in [4.78, 5) is 2.06. The second-order valence-corrected chi connectivity index (χ2v) is 4.23. The van der Waals surface area contributed by atoms with E-state index in [2.05, 4.69) is 59.6 Å². The lowest BCUT2D eigenvalue weighted by atomic mass is 10.1. The molecular weight excluding hydrogens is 194 g/mol. The van der Waals surface area contributed by atoms with Crippen LogP contribution in [0.25, 0.3) is 10.8 Å². The molecule has 16 heavy (non-hydrogen) atoms. The van der Waals surface area contributed by atoms with Crippen molar-refractivity contribution in [3.63, 3.8) is 0 Å². The molecule has 0 spiro atoms. The number of allylic oxidation sites excluding steroid dienone is 1. The van der Waals surface area contributed by atoms with E-state index in [1.54, 1.807) is 0 Å². The van der Waals surface area contributed by atoms with Crippen LogP contribution in [0.4, 0.5) is 0 Å². The second-order valence-electron chi connectivity index (χ2n) is 4.23. The average Bonchev–Trinajstić information content (AvgIpc) is 2.28.